The summed E-state index contributed by atoms with van der Waals surface area (Å²) in [5.41, 5.74) is 0.198. The number of hydrogen-bond acceptors (Lipinski definition) is 11. The van der Waals surface area contributed by atoms with Crippen LogP contribution in [0.25, 0.3) is 0 Å². The van der Waals surface area contributed by atoms with Crippen LogP contribution in [0.5, 0.6) is 0 Å². The number of methoxy groups -OCH3 is 1. The first-order valence-electron chi connectivity index (χ1n) is 19.1. The maximum atomic E-state index is 14.6. The minimum absolute atomic E-state index is 0.0407. The molecular weight excluding hydrogens is 683 g/mol. The zero-order valence-electron chi connectivity index (χ0n) is 33.2. The normalized spacial score (nSPS) is 41.8. The van der Waals surface area contributed by atoms with Crippen molar-refractivity contribution in [2.75, 3.05) is 33.6 Å². The van der Waals surface area contributed by atoms with Gasteiger partial charge in [0.15, 0.2) is 6.29 Å². The number of carbonyl (C=O) groups excluding carboxylic acids is 2. The average molecular weight is 748 g/mol. The third-order valence-electron chi connectivity index (χ3n) is 12.1. The van der Waals surface area contributed by atoms with Crippen LogP contribution in [-0.2, 0) is 39.7 Å². The summed E-state index contributed by atoms with van der Waals surface area (Å²) in [7, 11) is 5.39. The number of ketones is 1. The van der Waals surface area contributed by atoms with Gasteiger partial charge in [-0.3, -0.25) is 9.59 Å². The SMILES string of the molecule is CC[C@H]1OC(=O)[C@H](C)[C@@H](O)[C@H](C)[C@@H](O[C@@H]2O[C@H](C)C[C@H](N(C)C)[C@H]2O)[C@](C)(OC)C[C@@H](C)C(=O)C(C)[C@@H]2/C(=C/SCCc3ccccc3)CO[C@]12C. The van der Waals surface area contributed by atoms with Crippen LogP contribution in [0.3, 0.4) is 0 Å². The second-order valence-electron chi connectivity index (χ2n) is 16.2. The molecule has 3 aliphatic rings. The molecule has 0 bridgehead atoms. The zero-order chi connectivity index (χ0) is 38.5. The van der Waals surface area contributed by atoms with Gasteiger partial charge in [0, 0.05) is 42.6 Å². The van der Waals surface area contributed by atoms with Gasteiger partial charge in [-0.05, 0) is 84.0 Å². The van der Waals surface area contributed by atoms with Gasteiger partial charge < -0.3 is 38.8 Å². The number of aryl methyl sites for hydroxylation is 1. The van der Waals surface area contributed by atoms with Gasteiger partial charge in [-0.25, -0.2) is 0 Å². The van der Waals surface area contributed by atoms with Crippen LogP contribution in [0.15, 0.2) is 41.3 Å². The molecule has 3 heterocycles. The second kappa shape index (κ2) is 18.2. The van der Waals surface area contributed by atoms with Crippen molar-refractivity contribution in [2.45, 2.75) is 135 Å². The van der Waals surface area contributed by atoms with Crippen LogP contribution in [0.4, 0.5) is 0 Å². The third kappa shape index (κ3) is 9.33. The van der Waals surface area contributed by atoms with Crippen molar-refractivity contribution in [3.05, 3.63) is 46.9 Å². The molecule has 3 fully saturated rings. The molecule has 0 aliphatic carbocycles. The molecule has 3 aliphatic heterocycles. The van der Waals surface area contributed by atoms with E-state index in [0.717, 1.165) is 17.7 Å². The Kier molecular flexibility index (Phi) is 15.0. The number of hydrogen-bond donors (Lipinski definition) is 2. The second-order valence-corrected chi connectivity index (χ2v) is 17.1. The highest BCUT2D eigenvalue weighted by molar-refractivity contribution is 8.02. The number of Topliss-reactive ketones (excluding diaryl/α,β-unsaturated/α-hetero) is 1. The molecule has 1 unspecified atom stereocenters. The maximum Gasteiger partial charge on any atom is 0.311 e. The number of aliphatic hydroxyl groups excluding tert-OH is 2. The summed E-state index contributed by atoms with van der Waals surface area (Å²) in [6.07, 6.45) is -2.66. The lowest BCUT2D eigenvalue weighted by molar-refractivity contribution is -0.301. The Balaban J connectivity index is 1.71. The molecule has 2 N–H and O–H groups in total. The Morgan fingerprint density at radius 3 is 2.31 bits per heavy atom. The Bertz CT molecular complexity index is 1360. The van der Waals surface area contributed by atoms with Gasteiger partial charge in [0.25, 0.3) is 0 Å². The summed E-state index contributed by atoms with van der Waals surface area (Å²) >= 11 is 1.71. The van der Waals surface area contributed by atoms with E-state index in [1.807, 2.05) is 78.7 Å². The van der Waals surface area contributed by atoms with E-state index in [1.54, 1.807) is 32.7 Å². The summed E-state index contributed by atoms with van der Waals surface area (Å²) < 4.78 is 31.9. The Labute approximate surface area is 316 Å². The largest absolute Gasteiger partial charge is 0.459 e. The standard InChI is InChI=1S/C41H65NO9S/c1-12-32-41(8)33(30(22-48-41)23-52-19-18-29-16-14-13-15-17-29)26(4)34(43)24(2)21-40(7,47-11)37(27(5)35(44)28(6)38(46)50-32)51-39-36(45)31(42(9)10)20-25(3)49-39/h13-17,23-28,31-33,35-37,39,44-45H,12,18-22H2,1-11H3/b30-23+/t24-,25-,26?,27+,28-,31+,32-,33-,35+,36-,37-,39+,40-,41-/m1/s1. The van der Waals surface area contributed by atoms with Crippen LogP contribution in [-0.4, -0.2) is 114 Å². The van der Waals surface area contributed by atoms with E-state index in [2.05, 4.69) is 17.5 Å². The molecule has 0 saturated carbocycles. The van der Waals surface area contributed by atoms with E-state index in [9.17, 15) is 19.8 Å². The molecule has 52 heavy (non-hydrogen) atoms. The molecule has 0 aromatic heterocycles. The number of thioether (sulfide) groups is 1. The number of rotatable bonds is 9. The van der Waals surface area contributed by atoms with Crippen LogP contribution in [0.1, 0.15) is 80.2 Å². The van der Waals surface area contributed by atoms with Crippen molar-refractivity contribution < 1.29 is 43.5 Å². The highest BCUT2D eigenvalue weighted by atomic mass is 32.2. The number of fused-ring (bicyclic) bond motifs is 1. The molecule has 14 atom stereocenters. The quantitative estimate of drug-likeness (QED) is 0.240. The first-order chi connectivity index (χ1) is 24.5. The predicted octanol–water partition coefficient (Wildman–Crippen LogP) is 5.67. The molecule has 294 valence electrons. The van der Waals surface area contributed by atoms with Gasteiger partial charge in [-0.15, -0.1) is 11.8 Å². The van der Waals surface area contributed by atoms with Crippen molar-refractivity contribution in [3.8, 4) is 0 Å². The lowest BCUT2D eigenvalue weighted by atomic mass is 9.69. The highest BCUT2D eigenvalue weighted by Crippen LogP contribution is 2.48. The summed E-state index contributed by atoms with van der Waals surface area (Å²) in [6.45, 7) is 15.4. The third-order valence-corrected chi connectivity index (χ3v) is 13.0. The molecule has 11 heteroatoms. The minimum atomic E-state index is -1.20. The lowest BCUT2D eigenvalue weighted by Gasteiger charge is -2.48. The summed E-state index contributed by atoms with van der Waals surface area (Å²) in [5.74, 6) is -2.53. The number of likely N-dealkylation sites (N-methyl/N-ethyl adjacent to an activating group) is 1. The van der Waals surface area contributed by atoms with Gasteiger partial charge in [-0.1, -0.05) is 58.0 Å². The van der Waals surface area contributed by atoms with Gasteiger partial charge in [0.2, 0.25) is 0 Å². The average Bonchev–Trinajstić information content (AvgIpc) is 3.46. The number of nitrogens with zero attached hydrogens (tertiary/aromatic N) is 1. The minimum Gasteiger partial charge on any atom is -0.459 e. The van der Waals surface area contributed by atoms with Crippen LogP contribution < -0.4 is 0 Å². The van der Waals surface area contributed by atoms with Crippen LogP contribution in [0.2, 0.25) is 0 Å². The fourth-order valence-corrected chi connectivity index (χ4v) is 9.78. The van der Waals surface area contributed by atoms with Crippen LogP contribution in [0, 0.1) is 29.6 Å². The molecule has 10 nitrogen and oxygen atoms in total. The number of cyclic esters (lactones) is 1. The predicted molar refractivity (Wildman–Crippen MR) is 204 cm³/mol. The topological polar surface area (TPSA) is 124 Å². The van der Waals surface area contributed by atoms with E-state index in [4.69, 9.17) is 23.7 Å². The lowest BCUT2D eigenvalue weighted by Crippen LogP contribution is -2.60. The molecule has 4 rings (SSSR count). The molecule has 0 radical (unpaired) electrons. The molecular formula is C41H65NO9S. The van der Waals surface area contributed by atoms with Gasteiger partial charge in [0.05, 0.1) is 36.4 Å². The summed E-state index contributed by atoms with van der Waals surface area (Å²) in [4.78, 5) is 30.5. The number of aliphatic hydroxyl groups is 2. The number of benzene rings is 1. The molecule has 1 aromatic carbocycles. The van der Waals surface area contributed by atoms with Gasteiger partial charge in [0.1, 0.15) is 23.6 Å². The van der Waals surface area contributed by atoms with Crippen LogP contribution >= 0.6 is 11.8 Å². The van der Waals surface area contributed by atoms with Crippen molar-refractivity contribution in [2.24, 2.45) is 29.6 Å². The zero-order valence-corrected chi connectivity index (χ0v) is 34.1. The van der Waals surface area contributed by atoms with Crippen molar-refractivity contribution in [1.29, 1.82) is 0 Å². The first kappa shape index (κ1) is 42.9. The van der Waals surface area contributed by atoms with E-state index in [-0.39, 0.29) is 30.3 Å². The number of ether oxygens (including phenoxy) is 5. The number of carbonyl (C=O) groups is 2. The fourth-order valence-electron chi connectivity index (χ4n) is 8.88. The van der Waals surface area contributed by atoms with Gasteiger partial charge in [-0.2, -0.15) is 0 Å². The smallest absolute Gasteiger partial charge is 0.311 e. The molecule has 1 aromatic rings. The Hall–Kier alpha value is -1.83. The number of esters is 1. The van der Waals surface area contributed by atoms with Crippen molar-refractivity contribution in [3.63, 3.8) is 0 Å². The Morgan fingerprint density at radius 2 is 1.69 bits per heavy atom. The molecule has 0 amide bonds. The fraction of sp³-hybridized carbons (Fsp3) is 0.756. The van der Waals surface area contributed by atoms with E-state index in [1.165, 1.54) is 5.56 Å². The Morgan fingerprint density at radius 1 is 1.02 bits per heavy atom. The summed E-state index contributed by atoms with van der Waals surface area (Å²) in [5, 5.41) is 25.4. The highest BCUT2D eigenvalue weighted by Gasteiger charge is 2.56. The van der Waals surface area contributed by atoms with E-state index in [0.29, 0.717) is 19.4 Å². The molecule has 3 saturated heterocycles. The van der Waals surface area contributed by atoms with Crippen molar-refractivity contribution in [1.82, 2.24) is 4.90 Å². The maximum absolute atomic E-state index is 14.6. The van der Waals surface area contributed by atoms with E-state index >= 15 is 0 Å². The molecule has 0 spiro atoms. The van der Waals surface area contributed by atoms with Gasteiger partial charge >= 0.3 is 5.97 Å². The first-order valence-corrected chi connectivity index (χ1v) is 20.1. The van der Waals surface area contributed by atoms with E-state index < -0.39 is 71.5 Å². The monoisotopic (exact) mass is 747 g/mol. The van der Waals surface area contributed by atoms with Crippen molar-refractivity contribution >= 4 is 23.5 Å². The summed E-state index contributed by atoms with van der Waals surface area (Å²) in [6, 6.07) is 10.1.